The first kappa shape index (κ1) is 26.6. The second-order valence-electron chi connectivity index (χ2n) is 9.11. The molecule has 1 saturated carbocycles. The Kier molecular flexibility index (Phi) is 6.64. The molecule has 1 fully saturated rings. The fraction of sp³-hybridized carbons (Fsp3) is 0.185. The Morgan fingerprint density at radius 2 is 1.88 bits per heavy atom. The maximum atomic E-state index is 14.8. The van der Waals surface area contributed by atoms with E-state index in [1.807, 2.05) is 6.07 Å². The largest absolute Gasteiger partial charge is 0.352 e. The van der Waals surface area contributed by atoms with E-state index >= 15 is 0 Å². The molecule has 2 aromatic carbocycles. The van der Waals surface area contributed by atoms with E-state index in [1.54, 1.807) is 6.92 Å². The predicted molar refractivity (Wildman–Crippen MR) is 148 cm³/mol. The molecule has 0 spiro atoms. The summed E-state index contributed by atoms with van der Waals surface area (Å²) in [5, 5.41) is 12.5. The molecule has 0 saturated heterocycles. The molecule has 2 heterocycles. The minimum Gasteiger partial charge on any atom is -0.352 e. The van der Waals surface area contributed by atoms with Gasteiger partial charge in [-0.3, -0.25) is 14.2 Å². The lowest BCUT2D eigenvalue weighted by atomic mass is 10.2. The second kappa shape index (κ2) is 9.97. The van der Waals surface area contributed by atoms with Gasteiger partial charge in [0, 0.05) is 24.1 Å². The number of halogens is 1. The molecular weight excluding hydrogens is 539 g/mol. The fourth-order valence-electron chi connectivity index (χ4n) is 4.45. The quantitative estimate of drug-likeness (QED) is 0.333. The molecule has 0 radical (unpaired) electrons. The van der Waals surface area contributed by atoms with Crippen LogP contribution in [0.1, 0.15) is 31.4 Å². The van der Waals surface area contributed by atoms with Crippen LogP contribution < -0.4 is 27.6 Å². The first-order chi connectivity index (χ1) is 19.1. The van der Waals surface area contributed by atoms with Gasteiger partial charge in [-0.15, -0.1) is 0 Å². The Labute approximate surface area is 226 Å². The van der Waals surface area contributed by atoms with Crippen LogP contribution in [-0.4, -0.2) is 28.8 Å². The van der Waals surface area contributed by atoms with Crippen LogP contribution in [0.2, 0.25) is 0 Å². The Morgan fingerprint density at radius 3 is 2.50 bits per heavy atom. The van der Waals surface area contributed by atoms with Crippen LogP contribution in [0, 0.1) is 17.1 Å². The number of rotatable bonds is 8. The van der Waals surface area contributed by atoms with Gasteiger partial charge in [-0.05, 0) is 56.2 Å². The highest BCUT2D eigenvalue weighted by molar-refractivity contribution is 7.94. The van der Waals surface area contributed by atoms with Gasteiger partial charge in [-0.1, -0.05) is 12.6 Å². The van der Waals surface area contributed by atoms with Gasteiger partial charge in [0.2, 0.25) is 0 Å². The first-order valence-electron chi connectivity index (χ1n) is 12.3. The molecule has 0 amide bonds. The number of fused-ring (bicyclic) bond motifs is 1. The van der Waals surface area contributed by atoms with Crippen molar-refractivity contribution in [2.45, 2.75) is 30.7 Å². The third-order valence-corrected chi connectivity index (χ3v) is 7.80. The third kappa shape index (κ3) is 4.48. The van der Waals surface area contributed by atoms with Crippen LogP contribution >= 0.6 is 0 Å². The van der Waals surface area contributed by atoms with E-state index in [4.69, 9.17) is 5.26 Å². The molecule has 0 aliphatic heterocycles. The smallest absolute Gasteiger partial charge is 0.337 e. The number of nitriles is 1. The van der Waals surface area contributed by atoms with E-state index in [1.165, 1.54) is 36.4 Å². The van der Waals surface area contributed by atoms with Gasteiger partial charge in [0.25, 0.3) is 11.1 Å². The van der Waals surface area contributed by atoms with E-state index in [-0.39, 0.29) is 45.1 Å². The second-order valence-corrected chi connectivity index (χ2v) is 11.0. The van der Waals surface area contributed by atoms with Crippen LogP contribution in [0.3, 0.4) is 0 Å². The number of nitrogens with one attached hydrogen (secondary N) is 2. The molecule has 2 N–H and O–H groups in total. The molecule has 0 atom stereocenters. The van der Waals surface area contributed by atoms with Crippen LogP contribution in [0.15, 0.2) is 79.8 Å². The van der Waals surface area contributed by atoms with E-state index in [0.717, 1.165) is 31.4 Å². The molecule has 0 unspecified atom stereocenters. The van der Waals surface area contributed by atoms with E-state index in [0.29, 0.717) is 12.8 Å². The van der Waals surface area contributed by atoms with Crippen LogP contribution in [0.4, 0.5) is 15.8 Å². The summed E-state index contributed by atoms with van der Waals surface area (Å²) in [4.78, 5) is 40.9. The van der Waals surface area contributed by atoms with Crippen LogP contribution in [-0.2, 0) is 9.84 Å². The van der Waals surface area contributed by atoms with Crippen LogP contribution in [0.5, 0.6) is 0 Å². The van der Waals surface area contributed by atoms with Crippen molar-refractivity contribution in [3.05, 3.63) is 103 Å². The van der Waals surface area contributed by atoms with Crippen molar-refractivity contribution in [3.63, 3.8) is 0 Å². The Bertz CT molecular complexity index is 2030. The monoisotopic (exact) mass is 562 g/mol. The number of anilines is 2. The zero-order valence-corrected chi connectivity index (χ0v) is 22.0. The summed E-state index contributed by atoms with van der Waals surface area (Å²) in [6, 6.07) is 11.7. The lowest BCUT2D eigenvalue weighted by Crippen LogP contribution is -2.43. The third-order valence-electron chi connectivity index (χ3n) is 6.45. The van der Waals surface area contributed by atoms with Gasteiger partial charge in [0.05, 0.1) is 33.6 Å². The average Bonchev–Trinajstić information content (AvgIpc) is 3.77. The van der Waals surface area contributed by atoms with Gasteiger partial charge < -0.3 is 10.7 Å². The lowest BCUT2D eigenvalue weighted by Gasteiger charge is -2.21. The summed E-state index contributed by atoms with van der Waals surface area (Å²) < 4.78 is 43.1. The highest BCUT2D eigenvalue weighted by atomic mass is 32.2. The molecule has 11 nitrogen and oxygen atoms in total. The first-order valence-corrected chi connectivity index (χ1v) is 13.8. The summed E-state index contributed by atoms with van der Waals surface area (Å²) in [7, 11) is -3.89. The summed E-state index contributed by atoms with van der Waals surface area (Å²) in [5.74, 6) is -0.791. The van der Waals surface area contributed by atoms with E-state index < -0.39 is 38.5 Å². The van der Waals surface area contributed by atoms with Gasteiger partial charge in [0.1, 0.15) is 11.2 Å². The van der Waals surface area contributed by atoms with Crippen molar-refractivity contribution in [3.8, 4) is 11.8 Å². The molecule has 1 aliphatic rings. The number of hydrogen-bond acceptors (Lipinski definition) is 8. The lowest BCUT2D eigenvalue weighted by molar-refractivity contribution is 0.604. The topological polar surface area (TPSA) is 148 Å². The maximum Gasteiger partial charge on any atom is 0.337 e. The Morgan fingerprint density at radius 1 is 1.12 bits per heavy atom. The van der Waals surface area contributed by atoms with Crippen molar-refractivity contribution in [2.75, 3.05) is 17.3 Å². The molecular formula is C27H23FN6O5S. The molecule has 5 rings (SSSR count). The number of nitrogens with zero attached hydrogens (tertiary/aromatic N) is 4. The van der Waals surface area contributed by atoms with Gasteiger partial charge in [0.15, 0.2) is 15.5 Å². The highest BCUT2D eigenvalue weighted by Crippen LogP contribution is 2.34. The van der Waals surface area contributed by atoms with Crippen LogP contribution in [0.25, 0.3) is 16.7 Å². The SMILES string of the molecule is C=CS(=O)(=O)c1cccc(-n2c(=O)n(C3CC3)c(=O)c3c(Nc4ccc(C#N)cc4F)cc(=O)n(NCC)c32)c1. The minimum atomic E-state index is -3.89. The highest BCUT2D eigenvalue weighted by Gasteiger charge is 2.31. The van der Waals surface area contributed by atoms with Gasteiger partial charge in [-0.25, -0.2) is 26.8 Å². The van der Waals surface area contributed by atoms with Crippen molar-refractivity contribution >= 4 is 32.2 Å². The standard InChI is InChI=1S/C27H23FN6O5S/c1-3-30-34-23(35)14-22(31-21-11-8-16(15-29)12-20(21)28)24-25(34)32(27(37)33(26(24)36)17-9-10-17)18-6-5-7-19(13-18)40(38,39)4-2/h4-8,11-14,17,30-31H,2-3,9-10H2,1H3. The normalized spacial score (nSPS) is 13.1. The Balaban J connectivity index is 1.92. The summed E-state index contributed by atoms with van der Waals surface area (Å²) in [6.45, 7) is 5.28. The molecule has 40 heavy (non-hydrogen) atoms. The van der Waals surface area contributed by atoms with E-state index in [2.05, 4.69) is 17.3 Å². The zero-order valence-electron chi connectivity index (χ0n) is 21.2. The van der Waals surface area contributed by atoms with Gasteiger partial charge in [-0.2, -0.15) is 5.26 Å². The predicted octanol–water partition coefficient (Wildman–Crippen LogP) is 2.88. The van der Waals surface area contributed by atoms with Crippen molar-refractivity contribution in [1.82, 2.24) is 13.8 Å². The fourth-order valence-corrected chi connectivity index (χ4v) is 5.19. The summed E-state index contributed by atoms with van der Waals surface area (Å²) >= 11 is 0. The average molecular weight is 563 g/mol. The van der Waals surface area contributed by atoms with Crippen molar-refractivity contribution in [1.29, 1.82) is 5.26 Å². The number of benzene rings is 2. The van der Waals surface area contributed by atoms with E-state index in [9.17, 15) is 27.2 Å². The molecule has 2 aromatic heterocycles. The summed E-state index contributed by atoms with van der Waals surface area (Å²) in [5.41, 5.74) is 0.546. The number of pyridine rings is 1. The maximum absolute atomic E-state index is 14.8. The molecule has 4 aromatic rings. The molecule has 13 heteroatoms. The summed E-state index contributed by atoms with van der Waals surface area (Å²) in [6.07, 6.45) is 1.15. The molecule has 204 valence electrons. The molecule has 0 bridgehead atoms. The number of aromatic nitrogens is 3. The van der Waals surface area contributed by atoms with Crippen molar-refractivity contribution in [2.24, 2.45) is 0 Å². The van der Waals surface area contributed by atoms with Crippen molar-refractivity contribution < 1.29 is 12.8 Å². The van der Waals surface area contributed by atoms with Gasteiger partial charge >= 0.3 is 5.69 Å². The number of sulfone groups is 1. The Hall–Kier alpha value is -4.96. The minimum absolute atomic E-state index is 0.0687. The number of hydrogen-bond donors (Lipinski definition) is 2. The molecule has 1 aliphatic carbocycles. The zero-order chi connectivity index (χ0) is 28.8.